The minimum absolute atomic E-state index is 0.165. The maximum atomic E-state index is 13.7. The smallest absolute Gasteiger partial charge is 0.129 e. The van der Waals surface area contributed by atoms with Crippen LogP contribution in [0.4, 0.5) is 4.39 Å². The topological polar surface area (TPSA) is 20.2 Å². The van der Waals surface area contributed by atoms with Crippen LogP contribution in [0.25, 0.3) is 0 Å². The molecule has 0 aromatic heterocycles. The zero-order valence-corrected chi connectivity index (χ0v) is 9.47. The van der Waals surface area contributed by atoms with E-state index in [9.17, 15) is 9.50 Å². The molecular weight excluding hydrogens is 191 g/mol. The first kappa shape index (κ1) is 10.6. The standard InChI is InChI=1S/C13H17FO/c1-7-4-5-11(15)12-9(3)13(14)8(2)6-10(7)12/h6-7,11,15H,4-5H2,1-3H3/t7?,11-/m0/s1. The van der Waals surface area contributed by atoms with E-state index < -0.39 is 6.10 Å². The summed E-state index contributed by atoms with van der Waals surface area (Å²) in [6, 6.07) is 1.89. The molecule has 0 saturated carbocycles. The van der Waals surface area contributed by atoms with Gasteiger partial charge in [0.2, 0.25) is 0 Å². The second-order valence-electron chi connectivity index (χ2n) is 4.63. The Hall–Kier alpha value is -0.890. The molecule has 1 aromatic rings. The van der Waals surface area contributed by atoms with Crippen molar-refractivity contribution >= 4 is 0 Å². The average molecular weight is 208 g/mol. The molecule has 2 atom stereocenters. The van der Waals surface area contributed by atoms with Crippen molar-refractivity contribution in [2.45, 2.75) is 45.6 Å². The van der Waals surface area contributed by atoms with Crippen molar-refractivity contribution in [3.05, 3.63) is 34.1 Å². The molecular formula is C13H17FO. The molecule has 1 aromatic carbocycles. The van der Waals surface area contributed by atoms with Crippen molar-refractivity contribution in [2.75, 3.05) is 0 Å². The maximum Gasteiger partial charge on any atom is 0.129 e. The molecule has 0 saturated heterocycles. The number of halogens is 1. The molecule has 0 spiro atoms. The Morgan fingerprint density at radius 2 is 2.00 bits per heavy atom. The van der Waals surface area contributed by atoms with E-state index in [1.54, 1.807) is 13.8 Å². The fourth-order valence-electron chi connectivity index (χ4n) is 2.56. The first-order chi connectivity index (χ1) is 7.02. The molecule has 0 amide bonds. The lowest BCUT2D eigenvalue weighted by Gasteiger charge is -2.29. The molecule has 82 valence electrons. The minimum atomic E-state index is -0.480. The highest BCUT2D eigenvalue weighted by molar-refractivity contribution is 5.44. The molecule has 1 unspecified atom stereocenters. The fraction of sp³-hybridized carbons (Fsp3) is 0.538. The number of rotatable bonds is 0. The van der Waals surface area contributed by atoms with Crippen LogP contribution < -0.4 is 0 Å². The molecule has 0 aliphatic heterocycles. The predicted octanol–water partition coefficient (Wildman–Crippen LogP) is 3.37. The van der Waals surface area contributed by atoms with Crippen molar-refractivity contribution in [2.24, 2.45) is 0 Å². The highest BCUT2D eigenvalue weighted by atomic mass is 19.1. The van der Waals surface area contributed by atoms with E-state index in [1.165, 1.54) is 0 Å². The Kier molecular flexibility index (Phi) is 2.55. The first-order valence-corrected chi connectivity index (χ1v) is 5.50. The minimum Gasteiger partial charge on any atom is -0.388 e. The Labute approximate surface area is 89.9 Å². The third kappa shape index (κ3) is 1.57. The zero-order chi connectivity index (χ0) is 11.2. The number of hydrogen-bond acceptors (Lipinski definition) is 1. The van der Waals surface area contributed by atoms with Gasteiger partial charge in [0.05, 0.1) is 6.10 Å². The molecule has 1 aliphatic rings. The van der Waals surface area contributed by atoms with E-state index in [0.29, 0.717) is 17.0 Å². The van der Waals surface area contributed by atoms with Crippen LogP contribution in [0.2, 0.25) is 0 Å². The van der Waals surface area contributed by atoms with Gasteiger partial charge in [0, 0.05) is 0 Å². The summed E-state index contributed by atoms with van der Waals surface area (Å²) in [4.78, 5) is 0. The largest absolute Gasteiger partial charge is 0.388 e. The van der Waals surface area contributed by atoms with Crippen LogP contribution in [0.1, 0.15) is 54.0 Å². The Morgan fingerprint density at radius 3 is 2.67 bits per heavy atom. The summed E-state index contributed by atoms with van der Waals surface area (Å²) >= 11 is 0. The molecule has 0 radical (unpaired) electrons. The first-order valence-electron chi connectivity index (χ1n) is 5.50. The van der Waals surface area contributed by atoms with Gasteiger partial charge < -0.3 is 5.11 Å². The monoisotopic (exact) mass is 208 g/mol. The Bertz CT molecular complexity index is 398. The summed E-state index contributed by atoms with van der Waals surface area (Å²) in [5, 5.41) is 9.91. The van der Waals surface area contributed by atoms with Crippen LogP contribution in [-0.2, 0) is 0 Å². The third-order valence-corrected chi connectivity index (χ3v) is 3.50. The van der Waals surface area contributed by atoms with Gasteiger partial charge in [0.25, 0.3) is 0 Å². The second-order valence-corrected chi connectivity index (χ2v) is 4.63. The number of aliphatic hydroxyl groups excluding tert-OH is 1. The van der Waals surface area contributed by atoms with Gasteiger partial charge in [-0.15, -0.1) is 0 Å². The molecule has 2 heteroatoms. The Balaban J connectivity index is 2.68. The molecule has 1 aliphatic carbocycles. The second kappa shape index (κ2) is 3.60. The molecule has 1 N–H and O–H groups in total. The summed E-state index contributed by atoms with van der Waals surface area (Å²) in [5.41, 5.74) is 3.28. The van der Waals surface area contributed by atoms with Crippen molar-refractivity contribution in [3.8, 4) is 0 Å². The summed E-state index contributed by atoms with van der Waals surface area (Å²) < 4.78 is 13.7. The lowest BCUT2D eigenvalue weighted by Crippen LogP contribution is -2.15. The van der Waals surface area contributed by atoms with Gasteiger partial charge in [-0.05, 0) is 54.9 Å². The summed E-state index contributed by atoms with van der Waals surface area (Å²) in [6.45, 7) is 5.69. The van der Waals surface area contributed by atoms with E-state index in [2.05, 4.69) is 6.92 Å². The van der Waals surface area contributed by atoms with Crippen molar-refractivity contribution in [1.29, 1.82) is 0 Å². The van der Waals surface area contributed by atoms with E-state index >= 15 is 0 Å². The van der Waals surface area contributed by atoms with Gasteiger partial charge in [-0.25, -0.2) is 4.39 Å². The summed E-state index contributed by atoms with van der Waals surface area (Å²) in [6.07, 6.45) is 1.25. The molecule has 0 bridgehead atoms. The van der Waals surface area contributed by atoms with Crippen LogP contribution >= 0.6 is 0 Å². The van der Waals surface area contributed by atoms with E-state index in [-0.39, 0.29) is 5.82 Å². The van der Waals surface area contributed by atoms with Crippen LogP contribution in [-0.4, -0.2) is 5.11 Å². The lowest BCUT2D eigenvalue weighted by molar-refractivity contribution is 0.150. The van der Waals surface area contributed by atoms with Gasteiger partial charge >= 0.3 is 0 Å². The Morgan fingerprint density at radius 1 is 1.33 bits per heavy atom. The van der Waals surface area contributed by atoms with Crippen LogP contribution in [0.15, 0.2) is 6.07 Å². The van der Waals surface area contributed by atoms with Crippen LogP contribution in [0.5, 0.6) is 0 Å². The van der Waals surface area contributed by atoms with Gasteiger partial charge in [-0.3, -0.25) is 0 Å². The number of aryl methyl sites for hydroxylation is 1. The van der Waals surface area contributed by atoms with E-state index in [4.69, 9.17) is 0 Å². The van der Waals surface area contributed by atoms with E-state index in [1.807, 2.05) is 6.07 Å². The molecule has 15 heavy (non-hydrogen) atoms. The molecule has 1 nitrogen and oxygen atoms in total. The number of aliphatic hydroxyl groups is 1. The zero-order valence-electron chi connectivity index (χ0n) is 9.47. The van der Waals surface area contributed by atoms with Gasteiger partial charge in [-0.1, -0.05) is 13.0 Å². The lowest BCUT2D eigenvalue weighted by atomic mass is 9.79. The summed E-state index contributed by atoms with van der Waals surface area (Å²) in [7, 11) is 0. The average Bonchev–Trinajstić information content (AvgIpc) is 2.20. The van der Waals surface area contributed by atoms with Crippen molar-refractivity contribution in [1.82, 2.24) is 0 Å². The predicted molar refractivity (Wildman–Crippen MR) is 58.5 cm³/mol. The quantitative estimate of drug-likeness (QED) is 0.693. The van der Waals surface area contributed by atoms with E-state index in [0.717, 1.165) is 24.0 Å². The number of fused-ring (bicyclic) bond motifs is 1. The molecule has 2 rings (SSSR count). The number of benzene rings is 1. The van der Waals surface area contributed by atoms with Crippen LogP contribution in [0.3, 0.4) is 0 Å². The SMILES string of the molecule is Cc1cc2c(c(C)c1F)[C@@H](O)CCC2C. The highest BCUT2D eigenvalue weighted by Crippen LogP contribution is 2.40. The van der Waals surface area contributed by atoms with Gasteiger partial charge in [0.15, 0.2) is 0 Å². The third-order valence-electron chi connectivity index (χ3n) is 3.50. The van der Waals surface area contributed by atoms with Gasteiger partial charge in [0.1, 0.15) is 5.82 Å². The van der Waals surface area contributed by atoms with Crippen molar-refractivity contribution in [3.63, 3.8) is 0 Å². The number of hydrogen-bond donors (Lipinski definition) is 1. The highest BCUT2D eigenvalue weighted by Gasteiger charge is 2.26. The maximum absolute atomic E-state index is 13.7. The van der Waals surface area contributed by atoms with Crippen molar-refractivity contribution < 1.29 is 9.50 Å². The normalized spacial score (nSPS) is 25.1. The van der Waals surface area contributed by atoms with Gasteiger partial charge in [-0.2, -0.15) is 0 Å². The summed E-state index contributed by atoms with van der Waals surface area (Å²) in [5.74, 6) is 0.267. The molecule has 0 heterocycles. The fourth-order valence-corrected chi connectivity index (χ4v) is 2.56. The molecule has 0 fully saturated rings. The van der Waals surface area contributed by atoms with Crippen LogP contribution in [0, 0.1) is 19.7 Å².